The van der Waals surface area contributed by atoms with E-state index in [4.69, 9.17) is 5.73 Å². The maximum absolute atomic E-state index is 5.16. The number of allylic oxidation sites excluding steroid dienone is 2. The van der Waals surface area contributed by atoms with E-state index in [0.717, 1.165) is 5.71 Å². The Hall–Kier alpha value is -0.900. The van der Waals surface area contributed by atoms with Crippen LogP contribution in [0.3, 0.4) is 0 Å². The first kappa shape index (κ1) is 10.1. The highest BCUT2D eigenvalue weighted by Crippen LogP contribution is 1.89. The van der Waals surface area contributed by atoms with Crippen LogP contribution in [0.1, 0.15) is 20.8 Å². The summed E-state index contributed by atoms with van der Waals surface area (Å²) in [5.74, 6) is 0. The second kappa shape index (κ2) is 4.85. The van der Waals surface area contributed by atoms with Gasteiger partial charge in [-0.15, -0.1) is 0 Å². The molecule has 11 heavy (non-hydrogen) atoms. The molecule has 0 bridgehead atoms. The first-order valence-corrected chi connectivity index (χ1v) is 3.68. The number of rotatable bonds is 2. The fraction of sp³-hybridized carbons (Fsp3) is 0.429. The molecule has 0 aromatic carbocycles. The highest BCUT2D eigenvalue weighted by Gasteiger charge is 1.85. The van der Waals surface area contributed by atoms with Gasteiger partial charge in [-0.25, -0.2) is 0 Å². The van der Waals surface area contributed by atoms with Crippen molar-refractivity contribution < 1.29 is 0 Å². The van der Waals surface area contributed by atoms with E-state index in [9.17, 15) is 0 Å². The molecule has 3 nitrogen and oxygen atoms in total. The normalized spacial score (nSPS) is 10.6. The smallest absolute Gasteiger partial charge is 0.184 e. The van der Waals surface area contributed by atoms with Crippen molar-refractivity contribution in [2.75, 3.05) is 0 Å². The average molecular weight is 171 g/mol. The molecule has 3 N–H and O–H groups in total. The molecule has 0 unspecified atom stereocenters. The number of thiocarbonyl (C=S) groups is 1. The van der Waals surface area contributed by atoms with Gasteiger partial charge in [0.25, 0.3) is 0 Å². The number of hydrogen-bond donors (Lipinski definition) is 2. The summed E-state index contributed by atoms with van der Waals surface area (Å²) in [5, 5.41) is 4.07. The van der Waals surface area contributed by atoms with E-state index >= 15 is 0 Å². The van der Waals surface area contributed by atoms with Gasteiger partial charge in [-0.2, -0.15) is 5.10 Å². The predicted molar refractivity (Wildman–Crippen MR) is 52.5 cm³/mol. The van der Waals surface area contributed by atoms with Gasteiger partial charge in [-0.1, -0.05) is 5.57 Å². The Balaban J connectivity index is 4.02. The van der Waals surface area contributed by atoms with Crippen LogP contribution in [0.5, 0.6) is 0 Å². The number of nitrogens with two attached hydrogens (primary N) is 1. The number of nitrogens with zero attached hydrogens (tertiary/aromatic N) is 1. The minimum atomic E-state index is 0.187. The van der Waals surface area contributed by atoms with E-state index in [1.807, 2.05) is 26.8 Å². The van der Waals surface area contributed by atoms with Gasteiger partial charge in [0.05, 0.1) is 5.71 Å². The molecule has 0 radical (unpaired) electrons. The SMILES string of the molecule is CC(C)=C/C(C)=N/NC(N)=S. The molecule has 0 fully saturated rings. The minimum absolute atomic E-state index is 0.187. The Morgan fingerprint density at radius 2 is 2.00 bits per heavy atom. The standard InChI is InChI=1S/C7H13N3S/c1-5(2)4-6(3)9-10-7(8)11/h4H,1-3H3,(H3,8,10,11)/b9-6+. The van der Waals surface area contributed by atoms with Gasteiger partial charge in [0.15, 0.2) is 5.11 Å². The van der Waals surface area contributed by atoms with Crippen molar-refractivity contribution in [1.29, 1.82) is 0 Å². The van der Waals surface area contributed by atoms with Crippen molar-refractivity contribution in [1.82, 2.24) is 5.43 Å². The molecule has 0 heterocycles. The largest absolute Gasteiger partial charge is 0.375 e. The van der Waals surface area contributed by atoms with E-state index in [0.29, 0.717) is 0 Å². The molecule has 0 spiro atoms. The van der Waals surface area contributed by atoms with Gasteiger partial charge < -0.3 is 5.73 Å². The van der Waals surface area contributed by atoms with Crippen LogP contribution >= 0.6 is 12.2 Å². The highest BCUT2D eigenvalue weighted by atomic mass is 32.1. The molecule has 4 heteroatoms. The fourth-order valence-electron chi connectivity index (χ4n) is 0.593. The molecule has 0 saturated carbocycles. The lowest BCUT2D eigenvalue weighted by atomic mass is 10.3. The first-order valence-electron chi connectivity index (χ1n) is 3.27. The molecule has 0 aromatic heterocycles. The molecule has 0 aromatic rings. The summed E-state index contributed by atoms with van der Waals surface area (Å²) in [6, 6.07) is 0. The monoisotopic (exact) mass is 171 g/mol. The van der Waals surface area contributed by atoms with Crippen molar-refractivity contribution in [2.24, 2.45) is 10.8 Å². The molecule has 0 aliphatic carbocycles. The zero-order valence-electron chi connectivity index (χ0n) is 7.01. The summed E-state index contributed by atoms with van der Waals surface area (Å²) in [4.78, 5) is 0. The summed E-state index contributed by atoms with van der Waals surface area (Å²) < 4.78 is 0. The Morgan fingerprint density at radius 3 is 2.36 bits per heavy atom. The van der Waals surface area contributed by atoms with E-state index < -0.39 is 0 Å². The summed E-state index contributed by atoms with van der Waals surface area (Å²) in [6.07, 6.45) is 1.94. The number of hydrogen-bond acceptors (Lipinski definition) is 2. The second-order valence-electron chi connectivity index (χ2n) is 2.45. The quantitative estimate of drug-likeness (QED) is 0.372. The molecule has 0 atom stereocenters. The zero-order valence-corrected chi connectivity index (χ0v) is 7.83. The molecule has 0 aliphatic rings. The van der Waals surface area contributed by atoms with Crippen LogP contribution in [0.25, 0.3) is 0 Å². The predicted octanol–water partition coefficient (Wildman–Crippen LogP) is 1.16. The van der Waals surface area contributed by atoms with Gasteiger partial charge >= 0.3 is 0 Å². The molecule has 0 rings (SSSR count). The van der Waals surface area contributed by atoms with Crippen molar-refractivity contribution in [3.63, 3.8) is 0 Å². The van der Waals surface area contributed by atoms with Gasteiger partial charge in [-0.3, -0.25) is 5.43 Å². The van der Waals surface area contributed by atoms with Crippen LogP contribution < -0.4 is 11.2 Å². The van der Waals surface area contributed by atoms with E-state index in [-0.39, 0.29) is 5.11 Å². The van der Waals surface area contributed by atoms with Crippen LogP contribution in [-0.2, 0) is 0 Å². The topological polar surface area (TPSA) is 50.4 Å². The van der Waals surface area contributed by atoms with Crippen LogP contribution in [0.15, 0.2) is 16.8 Å². The fourth-order valence-corrected chi connectivity index (χ4v) is 0.639. The Kier molecular flexibility index (Phi) is 4.45. The van der Waals surface area contributed by atoms with Crippen LogP contribution in [0, 0.1) is 0 Å². The molecule has 0 aliphatic heterocycles. The first-order chi connectivity index (χ1) is 5.02. The third kappa shape index (κ3) is 6.99. The van der Waals surface area contributed by atoms with Crippen molar-refractivity contribution in [3.05, 3.63) is 11.6 Å². The third-order valence-electron chi connectivity index (χ3n) is 0.840. The summed E-state index contributed by atoms with van der Waals surface area (Å²) in [5.41, 5.74) is 9.72. The third-order valence-corrected chi connectivity index (χ3v) is 0.931. The molecule has 0 amide bonds. The minimum Gasteiger partial charge on any atom is -0.375 e. The Bertz CT molecular complexity index is 202. The number of nitrogens with one attached hydrogen (secondary N) is 1. The highest BCUT2D eigenvalue weighted by molar-refractivity contribution is 7.80. The summed E-state index contributed by atoms with van der Waals surface area (Å²) in [7, 11) is 0. The molecular formula is C7H13N3S. The zero-order chi connectivity index (χ0) is 8.85. The lowest BCUT2D eigenvalue weighted by molar-refractivity contribution is 1.03. The van der Waals surface area contributed by atoms with E-state index in [1.165, 1.54) is 5.57 Å². The lowest BCUT2D eigenvalue weighted by Gasteiger charge is -1.96. The Labute approximate surface area is 72.4 Å². The maximum atomic E-state index is 5.16. The van der Waals surface area contributed by atoms with Crippen LogP contribution in [-0.4, -0.2) is 10.8 Å². The maximum Gasteiger partial charge on any atom is 0.184 e. The number of hydrazone groups is 1. The Morgan fingerprint density at radius 1 is 1.45 bits per heavy atom. The lowest BCUT2D eigenvalue weighted by Crippen LogP contribution is -2.24. The van der Waals surface area contributed by atoms with Gasteiger partial charge in [0.2, 0.25) is 0 Å². The van der Waals surface area contributed by atoms with E-state index in [2.05, 4.69) is 22.7 Å². The molecule has 62 valence electrons. The van der Waals surface area contributed by atoms with Gasteiger partial charge in [0.1, 0.15) is 0 Å². The van der Waals surface area contributed by atoms with Crippen molar-refractivity contribution >= 4 is 23.0 Å². The second-order valence-corrected chi connectivity index (χ2v) is 2.89. The van der Waals surface area contributed by atoms with E-state index in [1.54, 1.807) is 0 Å². The van der Waals surface area contributed by atoms with Crippen molar-refractivity contribution in [2.45, 2.75) is 20.8 Å². The van der Waals surface area contributed by atoms with Crippen LogP contribution in [0.2, 0.25) is 0 Å². The van der Waals surface area contributed by atoms with Gasteiger partial charge in [-0.05, 0) is 39.1 Å². The molecular weight excluding hydrogens is 158 g/mol. The molecule has 0 saturated heterocycles. The summed E-state index contributed by atoms with van der Waals surface area (Å²) in [6.45, 7) is 5.87. The van der Waals surface area contributed by atoms with Gasteiger partial charge in [0, 0.05) is 0 Å². The van der Waals surface area contributed by atoms with Crippen molar-refractivity contribution in [3.8, 4) is 0 Å². The summed E-state index contributed by atoms with van der Waals surface area (Å²) >= 11 is 4.57. The van der Waals surface area contributed by atoms with Crippen LogP contribution in [0.4, 0.5) is 0 Å². The average Bonchev–Trinajstić information content (AvgIpc) is 1.82.